The summed E-state index contributed by atoms with van der Waals surface area (Å²) < 4.78 is 39.7. The van der Waals surface area contributed by atoms with E-state index in [-0.39, 0.29) is 23.4 Å². The normalized spacial score (nSPS) is 18.8. The monoisotopic (exact) mass is 403 g/mol. The number of hydrogen-bond acceptors (Lipinski definition) is 5. The van der Waals surface area contributed by atoms with Crippen LogP contribution in [0.3, 0.4) is 0 Å². The number of benzene rings is 1. The fourth-order valence-electron chi connectivity index (χ4n) is 3.47. The fourth-order valence-corrected chi connectivity index (χ4v) is 5.16. The van der Waals surface area contributed by atoms with Crippen molar-refractivity contribution in [1.82, 2.24) is 25.0 Å². The summed E-state index contributed by atoms with van der Waals surface area (Å²) in [6.45, 7) is 4.15. The topological polar surface area (TPSA) is 93.5 Å². The molecule has 0 aliphatic carbocycles. The molecular formula is C19H22FN5O2S. The first-order valence-corrected chi connectivity index (χ1v) is 11.1. The number of hydrogen-bond donors (Lipinski definition) is 1. The van der Waals surface area contributed by atoms with Crippen LogP contribution in [0, 0.1) is 11.7 Å². The molecule has 4 rings (SSSR count). The summed E-state index contributed by atoms with van der Waals surface area (Å²) in [4.78, 5) is 4.63. The molecule has 3 heterocycles. The van der Waals surface area contributed by atoms with E-state index in [1.807, 2.05) is 0 Å². The van der Waals surface area contributed by atoms with E-state index in [9.17, 15) is 12.8 Å². The Morgan fingerprint density at radius 2 is 2.11 bits per heavy atom. The van der Waals surface area contributed by atoms with Gasteiger partial charge >= 0.3 is 0 Å². The summed E-state index contributed by atoms with van der Waals surface area (Å²) in [5.74, 6) is 1.42. The zero-order valence-electron chi connectivity index (χ0n) is 15.8. The molecule has 1 aliphatic heterocycles. The lowest BCUT2D eigenvalue weighted by molar-refractivity contribution is 0.494. The molecule has 2 aromatic heterocycles. The molecule has 0 bridgehead atoms. The molecule has 0 saturated carbocycles. The minimum absolute atomic E-state index is 0.0544. The van der Waals surface area contributed by atoms with E-state index in [1.54, 1.807) is 28.9 Å². The standard InChI is InChI=1S/C19H22FN5O2S/c1-12(2)9-18-21-19(25(24-18)13-7-8-28(26,27)11-13)17-10-16(22-23-17)14-5-3-4-6-15(14)20/h3-6,10,12-13H,7-9,11H2,1-2H3,(H,22,23). The van der Waals surface area contributed by atoms with Crippen LogP contribution >= 0.6 is 0 Å². The lowest BCUT2D eigenvalue weighted by atomic mass is 10.1. The van der Waals surface area contributed by atoms with Gasteiger partial charge in [0.05, 0.1) is 23.2 Å². The minimum Gasteiger partial charge on any atom is -0.274 e. The van der Waals surface area contributed by atoms with E-state index in [0.717, 1.165) is 0 Å². The van der Waals surface area contributed by atoms with Crippen LogP contribution in [0.15, 0.2) is 30.3 Å². The lowest BCUT2D eigenvalue weighted by Crippen LogP contribution is -2.14. The van der Waals surface area contributed by atoms with E-state index in [2.05, 4.69) is 34.1 Å². The number of sulfone groups is 1. The van der Waals surface area contributed by atoms with E-state index < -0.39 is 9.84 Å². The molecule has 0 radical (unpaired) electrons. The van der Waals surface area contributed by atoms with Crippen LogP contribution in [0.25, 0.3) is 22.8 Å². The molecule has 1 N–H and O–H groups in total. The second kappa shape index (κ2) is 7.12. The van der Waals surface area contributed by atoms with Crippen molar-refractivity contribution in [1.29, 1.82) is 0 Å². The second-order valence-corrected chi connectivity index (χ2v) is 9.83. The van der Waals surface area contributed by atoms with E-state index in [4.69, 9.17) is 0 Å². The second-order valence-electron chi connectivity index (χ2n) is 7.60. The third-order valence-corrected chi connectivity index (χ3v) is 6.54. The van der Waals surface area contributed by atoms with Gasteiger partial charge in [0.1, 0.15) is 11.5 Å². The highest BCUT2D eigenvalue weighted by Gasteiger charge is 2.32. The molecule has 1 fully saturated rings. The van der Waals surface area contributed by atoms with Gasteiger partial charge in [-0.1, -0.05) is 26.0 Å². The molecule has 1 unspecified atom stereocenters. The number of H-pyrrole nitrogens is 1. The maximum atomic E-state index is 14.1. The van der Waals surface area contributed by atoms with Crippen LogP contribution < -0.4 is 0 Å². The van der Waals surface area contributed by atoms with E-state index in [0.29, 0.717) is 47.4 Å². The molecular weight excluding hydrogens is 381 g/mol. The Balaban J connectivity index is 1.74. The SMILES string of the molecule is CC(C)Cc1nc(-c2cc(-c3ccccc3F)n[nH]2)n(C2CCS(=O)(=O)C2)n1. The predicted molar refractivity (Wildman–Crippen MR) is 104 cm³/mol. The largest absolute Gasteiger partial charge is 0.274 e. The van der Waals surface area contributed by atoms with Gasteiger partial charge < -0.3 is 0 Å². The van der Waals surface area contributed by atoms with Crippen LogP contribution in [0.2, 0.25) is 0 Å². The van der Waals surface area contributed by atoms with Crippen molar-refractivity contribution >= 4 is 9.84 Å². The van der Waals surface area contributed by atoms with Gasteiger partial charge in [-0.25, -0.2) is 22.5 Å². The third-order valence-electron chi connectivity index (χ3n) is 4.79. The Hall–Kier alpha value is -2.55. The number of aromatic nitrogens is 5. The third kappa shape index (κ3) is 3.71. The number of aromatic amines is 1. The first-order chi connectivity index (χ1) is 13.3. The van der Waals surface area contributed by atoms with Crippen LogP contribution in [-0.2, 0) is 16.3 Å². The summed E-state index contributed by atoms with van der Waals surface area (Å²) in [6, 6.07) is 7.89. The zero-order chi connectivity index (χ0) is 19.9. The molecule has 9 heteroatoms. The van der Waals surface area contributed by atoms with E-state index >= 15 is 0 Å². The quantitative estimate of drug-likeness (QED) is 0.707. The van der Waals surface area contributed by atoms with Crippen molar-refractivity contribution in [3.05, 3.63) is 42.0 Å². The molecule has 1 aromatic carbocycles. The van der Waals surface area contributed by atoms with Gasteiger partial charge in [-0.15, -0.1) is 0 Å². The number of nitrogens with one attached hydrogen (secondary N) is 1. The maximum Gasteiger partial charge on any atom is 0.176 e. The first-order valence-electron chi connectivity index (χ1n) is 9.29. The van der Waals surface area contributed by atoms with E-state index in [1.165, 1.54) is 6.07 Å². The number of rotatable bonds is 5. The Bertz CT molecular complexity index is 1100. The predicted octanol–water partition coefficient (Wildman–Crippen LogP) is 3.03. The molecule has 1 atom stereocenters. The van der Waals surface area contributed by atoms with Gasteiger partial charge in [0.2, 0.25) is 0 Å². The average Bonchev–Trinajstić information content (AvgIpc) is 3.32. The highest BCUT2D eigenvalue weighted by molar-refractivity contribution is 7.91. The smallest absolute Gasteiger partial charge is 0.176 e. The van der Waals surface area contributed by atoms with Crippen molar-refractivity contribution in [3.8, 4) is 22.8 Å². The number of nitrogens with zero attached hydrogens (tertiary/aromatic N) is 4. The maximum absolute atomic E-state index is 14.1. The number of halogens is 1. The Kier molecular flexibility index (Phi) is 4.78. The Morgan fingerprint density at radius 3 is 2.79 bits per heavy atom. The van der Waals surface area contributed by atoms with Crippen molar-refractivity contribution < 1.29 is 12.8 Å². The fraction of sp³-hybridized carbons (Fsp3) is 0.421. The highest BCUT2D eigenvalue weighted by atomic mass is 32.2. The molecule has 1 saturated heterocycles. The van der Waals surface area contributed by atoms with Gasteiger partial charge in [0.15, 0.2) is 21.5 Å². The summed E-state index contributed by atoms with van der Waals surface area (Å²) >= 11 is 0. The first kappa shape index (κ1) is 18.8. The van der Waals surface area contributed by atoms with Crippen LogP contribution in [-0.4, -0.2) is 44.9 Å². The molecule has 0 spiro atoms. The average molecular weight is 403 g/mol. The molecule has 7 nitrogen and oxygen atoms in total. The van der Waals surface area contributed by atoms with Gasteiger partial charge in [0, 0.05) is 12.0 Å². The minimum atomic E-state index is -3.06. The summed E-state index contributed by atoms with van der Waals surface area (Å²) in [5, 5.41) is 11.7. The molecule has 0 amide bonds. The van der Waals surface area contributed by atoms with Crippen LogP contribution in [0.4, 0.5) is 4.39 Å². The lowest BCUT2D eigenvalue weighted by Gasteiger charge is -2.10. The van der Waals surface area contributed by atoms with Crippen molar-refractivity contribution in [2.75, 3.05) is 11.5 Å². The van der Waals surface area contributed by atoms with Gasteiger partial charge in [-0.05, 0) is 30.5 Å². The van der Waals surface area contributed by atoms with Crippen LogP contribution in [0.1, 0.15) is 32.1 Å². The van der Waals surface area contributed by atoms with Crippen molar-refractivity contribution in [3.63, 3.8) is 0 Å². The molecule has 28 heavy (non-hydrogen) atoms. The molecule has 3 aromatic rings. The van der Waals surface area contributed by atoms with Gasteiger partial charge in [-0.3, -0.25) is 5.10 Å². The Morgan fingerprint density at radius 1 is 1.32 bits per heavy atom. The zero-order valence-corrected chi connectivity index (χ0v) is 16.6. The highest BCUT2D eigenvalue weighted by Crippen LogP contribution is 2.30. The molecule has 1 aliphatic rings. The summed E-state index contributed by atoms with van der Waals surface area (Å²) in [5.41, 5.74) is 1.44. The van der Waals surface area contributed by atoms with Gasteiger partial charge in [0.25, 0.3) is 0 Å². The van der Waals surface area contributed by atoms with Crippen molar-refractivity contribution in [2.24, 2.45) is 5.92 Å². The Labute approximate surface area is 162 Å². The summed E-state index contributed by atoms with van der Waals surface area (Å²) in [7, 11) is -3.06. The van der Waals surface area contributed by atoms with Gasteiger partial charge in [-0.2, -0.15) is 10.2 Å². The van der Waals surface area contributed by atoms with Crippen LogP contribution in [0.5, 0.6) is 0 Å². The summed E-state index contributed by atoms with van der Waals surface area (Å²) in [6.07, 6.45) is 1.20. The molecule has 148 valence electrons. The van der Waals surface area contributed by atoms with Crippen molar-refractivity contribution in [2.45, 2.75) is 32.7 Å².